The topological polar surface area (TPSA) is 139 Å². The van der Waals surface area contributed by atoms with Crippen molar-refractivity contribution in [3.05, 3.63) is 46.5 Å². The van der Waals surface area contributed by atoms with E-state index in [1.54, 1.807) is 13.8 Å². The van der Waals surface area contributed by atoms with E-state index in [0.29, 0.717) is 45.1 Å². The lowest BCUT2D eigenvalue weighted by Crippen LogP contribution is -2.09. The standard InChI is InChI=1S/C28H40N2O6S2/c1-15(2)23-11-21(37(31,32)33)12-24(16(3)4)27(23)29-19(9)20(10)30-28-25(17(5)6)13-22(38(34,35)36)14-26(28)18(7)8/h11-18H,1-10H3,(H,31,32,33)(H,34,35,36)/p-2. The molecule has 0 aliphatic carbocycles. The van der Waals surface area contributed by atoms with Crippen LogP contribution in [0.2, 0.25) is 0 Å². The first kappa shape index (κ1) is 31.8. The molecule has 8 nitrogen and oxygen atoms in total. The molecule has 2 aromatic rings. The quantitative estimate of drug-likeness (QED) is 0.241. The fraction of sp³-hybridized carbons (Fsp3) is 0.500. The van der Waals surface area contributed by atoms with Crippen LogP contribution in [0.4, 0.5) is 11.4 Å². The summed E-state index contributed by atoms with van der Waals surface area (Å²) in [7, 11) is -9.29. The molecule has 0 unspecified atom stereocenters. The third-order valence-electron chi connectivity index (χ3n) is 6.43. The fourth-order valence-corrected chi connectivity index (χ4v) is 5.19. The van der Waals surface area contributed by atoms with Gasteiger partial charge in [0.25, 0.3) is 0 Å². The maximum absolute atomic E-state index is 11.8. The van der Waals surface area contributed by atoms with Crippen molar-refractivity contribution in [2.75, 3.05) is 0 Å². The molecule has 0 amide bonds. The van der Waals surface area contributed by atoms with E-state index >= 15 is 0 Å². The van der Waals surface area contributed by atoms with Gasteiger partial charge in [-0.15, -0.1) is 0 Å². The zero-order valence-electron chi connectivity index (χ0n) is 23.8. The van der Waals surface area contributed by atoms with Gasteiger partial charge in [0.1, 0.15) is 20.2 Å². The van der Waals surface area contributed by atoms with Crippen molar-refractivity contribution < 1.29 is 25.9 Å². The second-order valence-electron chi connectivity index (χ2n) is 10.8. The van der Waals surface area contributed by atoms with E-state index in [-0.39, 0.29) is 33.5 Å². The van der Waals surface area contributed by atoms with Crippen molar-refractivity contribution in [2.24, 2.45) is 9.98 Å². The number of rotatable bonds is 9. The van der Waals surface area contributed by atoms with Crippen LogP contribution in [-0.4, -0.2) is 37.4 Å². The number of benzene rings is 2. The minimum Gasteiger partial charge on any atom is -0.744 e. The Kier molecular flexibility index (Phi) is 9.86. The molecule has 0 saturated heterocycles. The first-order valence-electron chi connectivity index (χ1n) is 12.6. The van der Waals surface area contributed by atoms with Crippen molar-refractivity contribution in [1.29, 1.82) is 0 Å². The van der Waals surface area contributed by atoms with Gasteiger partial charge in [-0.3, -0.25) is 9.98 Å². The Morgan fingerprint density at radius 1 is 0.553 bits per heavy atom. The molecule has 38 heavy (non-hydrogen) atoms. The average Bonchev–Trinajstić information content (AvgIpc) is 2.76. The first-order chi connectivity index (χ1) is 17.2. The Bertz CT molecular complexity index is 1310. The monoisotopic (exact) mass is 562 g/mol. The van der Waals surface area contributed by atoms with Crippen LogP contribution in [0.25, 0.3) is 0 Å². The molecule has 0 bridgehead atoms. The summed E-state index contributed by atoms with van der Waals surface area (Å²) in [6, 6.07) is 5.58. The van der Waals surface area contributed by atoms with Crippen molar-refractivity contribution >= 4 is 43.0 Å². The minimum atomic E-state index is -4.64. The van der Waals surface area contributed by atoms with Crippen LogP contribution >= 0.6 is 0 Å². The van der Waals surface area contributed by atoms with Crippen LogP contribution in [0.3, 0.4) is 0 Å². The lowest BCUT2D eigenvalue weighted by atomic mass is 9.92. The summed E-state index contributed by atoms with van der Waals surface area (Å²) < 4.78 is 70.9. The highest BCUT2D eigenvalue weighted by molar-refractivity contribution is 7.86. The minimum absolute atomic E-state index is 0.0975. The Labute approximate surface area is 227 Å². The lowest BCUT2D eigenvalue weighted by molar-refractivity contribution is 0.460. The largest absolute Gasteiger partial charge is 0.744 e. The maximum Gasteiger partial charge on any atom is 0.124 e. The Morgan fingerprint density at radius 2 is 0.763 bits per heavy atom. The summed E-state index contributed by atoms with van der Waals surface area (Å²) in [4.78, 5) is 9.19. The molecule has 10 heteroatoms. The van der Waals surface area contributed by atoms with Gasteiger partial charge in [0.05, 0.1) is 32.6 Å². The van der Waals surface area contributed by atoms with Crippen LogP contribution in [-0.2, 0) is 20.2 Å². The van der Waals surface area contributed by atoms with Crippen molar-refractivity contribution in [3.8, 4) is 0 Å². The normalized spacial score (nSPS) is 13.9. The fourth-order valence-electron chi connectivity index (χ4n) is 4.11. The van der Waals surface area contributed by atoms with E-state index in [0.717, 1.165) is 0 Å². The summed E-state index contributed by atoms with van der Waals surface area (Å²) >= 11 is 0. The molecule has 0 N–H and O–H groups in total. The van der Waals surface area contributed by atoms with Crippen LogP contribution in [0.15, 0.2) is 44.0 Å². The van der Waals surface area contributed by atoms with Crippen molar-refractivity contribution in [1.82, 2.24) is 0 Å². The average molecular weight is 563 g/mol. The van der Waals surface area contributed by atoms with Gasteiger partial charge in [0.15, 0.2) is 0 Å². The summed E-state index contributed by atoms with van der Waals surface area (Å²) in [5, 5.41) is 0. The molecular weight excluding hydrogens is 524 g/mol. The number of hydrogen-bond acceptors (Lipinski definition) is 8. The molecule has 0 atom stereocenters. The highest BCUT2D eigenvalue weighted by Crippen LogP contribution is 2.39. The summed E-state index contributed by atoms with van der Waals surface area (Å²) in [5.41, 5.74) is 4.96. The summed E-state index contributed by atoms with van der Waals surface area (Å²) in [5.74, 6) is -0.390. The molecule has 0 spiro atoms. The van der Waals surface area contributed by atoms with E-state index in [1.165, 1.54) is 24.3 Å². The Morgan fingerprint density at radius 3 is 0.921 bits per heavy atom. The number of aliphatic imine (C=N–C) groups is 2. The highest BCUT2D eigenvalue weighted by atomic mass is 32.2. The lowest BCUT2D eigenvalue weighted by Gasteiger charge is -2.21. The molecule has 0 fully saturated rings. The van der Waals surface area contributed by atoms with Crippen LogP contribution in [0.5, 0.6) is 0 Å². The smallest absolute Gasteiger partial charge is 0.124 e. The molecule has 0 heterocycles. The SMILES string of the molecule is CC(=Nc1c(C(C)C)cc(S(=O)(=O)[O-])cc1C(C)C)C(C)=Nc1c(C(C)C)cc(S(=O)(=O)[O-])cc1C(C)C. The van der Waals surface area contributed by atoms with E-state index in [2.05, 4.69) is 0 Å². The van der Waals surface area contributed by atoms with Crippen molar-refractivity contribution in [3.63, 3.8) is 0 Å². The van der Waals surface area contributed by atoms with Crippen molar-refractivity contribution in [2.45, 2.75) is 103 Å². The zero-order chi connectivity index (χ0) is 29.3. The molecule has 0 aromatic heterocycles. The summed E-state index contributed by atoms with van der Waals surface area (Å²) in [6.07, 6.45) is 0. The van der Waals surface area contributed by atoms with E-state index in [4.69, 9.17) is 9.98 Å². The second-order valence-corrected chi connectivity index (χ2v) is 13.6. The van der Waals surface area contributed by atoms with Gasteiger partial charge in [-0.25, -0.2) is 16.8 Å². The Hall–Kier alpha value is -2.40. The van der Waals surface area contributed by atoms with Gasteiger partial charge >= 0.3 is 0 Å². The second kappa shape index (κ2) is 11.8. The van der Waals surface area contributed by atoms with Gasteiger partial charge in [0, 0.05) is 0 Å². The maximum atomic E-state index is 11.8. The van der Waals surface area contributed by atoms with Gasteiger partial charge in [-0.1, -0.05) is 55.4 Å². The summed E-state index contributed by atoms with van der Waals surface area (Å²) in [6.45, 7) is 18.9. The predicted octanol–water partition coefficient (Wildman–Crippen LogP) is 6.87. The van der Waals surface area contributed by atoms with Crippen LogP contribution in [0, 0.1) is 0 Å². The predicted molar refractivity (Wildman–Crippen MR) is 151 cm³/mol. The van der Waals surface area contributed by atoms with Crippen LogP contribution < -0.4 is 0 Å². The van der Waals surface area contributed by atoms with Gasteiger partial charge in [0.2, 0.25) is 0 Å². The molecular formula is C28H38N2O6S2-2. The molecule has 0 aliphatic heterocycles. The highest BCUT2D eigenvalue weighted by Gasteiger charge is 2.20. The van der Waals surface area contributed by atoms with Gasteiger partial charge < -0.3 is 9.11 Å². The third kappa shape index (κ3) is 7.37. The van der Waals surface area contributed by atoms with E-state index < -0.39 is 20.2 Å². The van der Waals surface area contributed by atoms with Gasteiger partial charge in [-0.05, 0) is 84.0 Å². The molecule has 0 aliphatic rings. The molecule has 2 aromatic carbocycles. The van der Waals surface area contributed by atoms with Gasteiger partial charge in [-0.2, -0.15) is 0 Å². The molecule has 0 saturated carbocycles. The number of hydrogen-bond donors (Lipinski definition) is 0. The Balaban J connectivity index is 2.85. The number of nitrogens with zero attached hydrogens (tertiary/aromatic N) is 2. The van der Waals surface area contributed by atoms with E-state index in [1.807, 2.05) is 55.4 Å². The zero-order valence-corrected chi connectivity index (χ0v) is 25.4. The molecule has 2 rings (SSSR count). The van der Waals surface area contributed by atoms with E-state index in [9.17, 15) is 25.9 Å². The molecule has 0 radical (unpaired) electrons. The first-order valence-corrected chi connectivity index (χ1v) is 15.5. The van der Waals surface area contributed by atoms with Crippen LogP contribution in [0.1, 0.15) is 115 Å². The third-order valence-corrected chi connectivity index (χ3v) is 8.06. The molecule has 210 valence electrons.